The number of nitrogens with zero attached hydrogens (tertiary/aromatic N) is 1. The van der Waals surface area contributed by atoms with Crippen LogP contribution in [-0.4, -0.2) is 16.8 Å². The minimum Gasteiger partial charge on any atom is -0.375 e. The Balaban J connectivity index is 1.70. The number of aryl methyl sites for hydroxylation is 1. The normalized spacial score (nSPS) is 18.2. The predicted octanol–water partition coefficient (Wildman–Crippen LogP) is 4.00. The summed E-state index contributed by atoms with van der Waals surface area (Å²) in [4.78, 5) is 27.6. The predicted molar refractivity (Wildman–Crippen MR) is 108 cm³/mol. The smallest absolute Gasteiger partial charge is 0.264 e. The Labute approximate surface area is 164 Å². The number of aliphatic hydroxyl groups is 1. The van der Waals surface area contributed by atoms with E-state index in [-0.39, 0.29) is 12.2 Å². The lowest BCUT2D eigenvalue weighted by molar-refractivity contribution is -0.136. The third-order valence-corrected chi connectivity index (χ3v) is 5.34. The van der Waals surface area contributed by atoms with Crippen LogP contribution in [0.1, 0.15) is 33.5 Å². The number of carbonyl (C=O) groups is 2. The van der Waals surface area contributed by atoms with E-state index in [0.29, 0.717) is 23.4 Å². The molecule has 1 N–H and O–H groups in total. The zero-order chi connectivity index (χ0) is 19.7. The summed E-state index contributed by atoms with van der Waals surface area (Å²) < 4.78 is 0. The van der Waals surface area contributed by atoms with Crippen LogP contribution in [0.5, 0.6) is 0 Å². The Kier molecular flexibility index (Phi) is 4.57. The first-order chi connectivity index (χ1) is 13.5. The Morgan fingerprint density at radius 3 is 2.32 bits per heavy atom. The Hall–Kier alpha value is -3.24. The van der Waals surface area contributed by atoms with Gasteiger partial charge in [0.25, 0.3) is 5.91 Å². The van der Waals surface area contributed by atoms with Gasteiger partial charge in [0.2, 0.25) is 0 Å². The number of rotatable bonds is 5. The Bertz CT molecular complexity index is 1040. The van der Waals surface area contributed by atoms with Crippen LogP contribution >= 0.6 is 0 Å². The molecule has 4 nitrogen and oxygen atoms in total. The minimum absolute atomic E-state index is 0.260. The fourth-order valence-electron chi connectivity index (χ4n) is 3.75. The van der Waals surface area contributed by atoms with Crippen LogP contribution in [0.3, 0.4) is 0 Å². The van der Waals surface area contributed by atoms with Crippen molar-refractivity contribution in [3.63, 3.8) is 0 Å². The third kappa shape index (κ3) is 3.02. The van der Waals surface area contributed by atoms with Crippen LogP contribution in [0.15, 0.2) is 78.9 Å². The molecule has 0 aliphatic carbocycles. The van der Waals surface area contributed by atoms with Crippen LogP contribution in [0.25, 0.3) is 0 Å². The molecular weight excluding hydrogens is 350 g/mol. The average molecular weight is 371 g/mol. The zero-order valence-electron chi connectivity index (χ0n) is 15.6. The number of anilines is 1. The molecule has 1 heterocycles. The summed E-state index contributed by atoms with van der Waals surface area (Å²) in [5.74, 6) is -0.717. The number of benzene rings is 3. The van der Waals surface area contributed by atoms with Gasteiger partial charge in [-0.05, 0) is 24.1 Å². The van der Waals surface area contributed by atoms with E-state index in [2.05, 4.69) is 0 Å². The molecule has 0 saturated carbocycles. The van der Waals surface area contributed by atoms with Gasteiger partial charge in [-0.1, -0.05) is 72.8 Å². The molecule has 1 atom stereocenters. The number of hydrogen-bond acceptors (Lipinski definition) is 3. The van der Waals surface area contributed by atoms with Crippen molar-refractivity contribution in [2.24, 2.45) is 0 Å². The summed E-state index contributed by atoms with van der Waals surface area (Å²) in [5, 5.41) is 11.3. The van der Waals surface area contributed by atoms with E-state index in [9.17, 15) is 14.7 Å². The maximum Gasteiger partial charge on any atom is 0.264 e. The number of ketones is 1. The molecule has 0 unspecified atom stereocenters. The molecule has 0 aromatic heterocycles. The van der Waals surface area contributed by atoms with Crippen molar-refractivity contribution in [2.45, 2.75) is 25.5 Å². The van der Waals surface area contributed by atoms with Gasteiger partial charge in [0.1, 0.15) is 0 Å². The van der Waals surface area contributed by atoms with Gasteiger partial charge in [0.05, 0.1) is 18.7 Å². The molecule has 3 aromatic carbocycles. The zero-order valence-corrected chi connectivity index (χ0v) is 15.6. The number of amides is 1. The fourth-order valence-corrected chi connectivity index (χ4v) is 3.75. The van der Waals surface area contributed by atoms with E-state index >= 15 is 0 Å². The minimum atomic E-state index is -1.85. The molecule has 1 amide bonds. The van der Waals surface area contributed by atoms with E-state index in [0.717, 1.165) is 11.1 Å². The largest absolute Gasteiger partial charge is 0.375 e. The van der Waals surface area contributed by atoms with Crippen molar-refractivity contribution in [3.05, 3.63) is 101 Å². The van der Waals surface area contributed by atoms with Gasteiger partial charge < -0.3 is 10.0 Å². The second-order valence-corrected chi connectivity index (χ2v) is 7.16. The summed E-state index contributed by atoms with van der Waals surface area (Å²) in [6.45, 7) is 2.34. The number of hydrogen-bond donors (Lipinski definition) is 1. The molecule has 4 rings (SSSR count). The first kappa shape index (κ1) is 18.1. The quantitative estimate of drug-likeness (QED) is 0.690. The van der Waals surface area contributed by atoms with Crippen molar-refractivity contribution in [3.8, 4) is 0 Å². The van der Waals surface area contributed by atoms with Gasteiger partial charge in [-0.2, -0.15) is 0 Å². The lowest BCUT2D eigenvalue weighted by atomic mass is 9.88. The highest BCUT2D eigenvalue weighted by Gasteiger charge is 2.50. The van der Waals surface area contributed by atoms with Gasteiger partial charge in [-0.25, -0.2) is 0 Å². The Morgan fingerprint density at radius 1 is 0.929 bits per heavy atom. The van der Waals surface area contributed by atoms with E-state index in [1.165, 1.54) is 0 Å². The van der Waals surface area contributed by atoms with E-state index in [1.807, 2.05) is 49.4 Å². The number of para-hydroxylation sites is 1. The van der Waals surface area contributed by atoms with E-state index in [1.54, 1.807) is 41.3 Å². The highest BCUT2D eigenvalue weighted by molar-refractivity contribution is 6.10. The van der Waals surface area contributed by atoms with Gasteiger partial charge in [0, 0.05) is 11.1 Å². The summed E-state index contributed by atoms with van der Waals surface area (Å²) >= 11 is 0. The molecule has 1 aliphatic heterocycles. The lowest BCUT2D eigenvalue weighted by Gasteiger charge is -2.23. The topological polar surface area (TPSA) is 57.6 Å². The van der Waals surface area contributed by atoms with Crippen molar-refractivity contribution < 1.29 is 14.7 Å². The molecule has 0 saturated heterocycles. The molecule has 0 radical (unpaired) electrons. The van der Waals surface area contributed by atoms with Crippen molar-refractivity contribution in [1.29, 1.82) is 0 Å². The van der Waals surface area contributed by atoms with Crippen molar-refractivity contribution in [2.75, 3.05) is 4.90 Å². The van der Waals surface area contributed by atoms with Gasteiger partial charge >= 0.3 is 0 Å². The first-order valence-corrected chi connectivity index (χ1v) is 9.27. The molecule has 4 heteroatoms. The standard InChI is InChI=1S/C24H21NO3/c1-17-9-5-6-12-19(17)16-25-21-14-8-7-13-20(21)24(28,23(25)27)15-22(26)18-10-3-2-4-11-18/h2-14,28H,15-16H2,1H3/t24-/m1/s1. The SMILES string of the molecule is Cc1ccccc1CN1C(=O)[C@@](O)(CC(=O)c2ccccc2)c2ccccc21. The fraction of sp³-hybridized carbons (Fsp3) is 0.167. The summed E-state index contributed by atoms with van der Waals surface area (Å²) in [7, 11) is 0. The molecule has 28 heavy (non-hydrogen) atoms. The average Bonchev–Trinajstić information content (AvgIpc) is 2.92. The van der Waals surface area contributed by atoms with Crippen LogP contribution in [0.2, 0.25) is 0 Å². The first-order valence-electron chi connectivity index (χ1n) is 9.27. The summed E-state index contributed by atoms with van der Waals surface area (Å²) in [5.41, 5.74) is 1.84. The third-order valence-electron chi connectivity index (χ3n) is 5.34. The summed E-state index contributed by atoms with van der Waals surface area (Å²) in [6, 6.07) is 23.8. The van der Waals surface area contributed by atoms with E-state index < -0.39 is 11.5 Å². The van der Waals surface area contributed by atoms with Crippen LogP contribution in [0.4, 0.5) is 5.69 Å². The molecule has 140 valence electrons. The molecule has 3 aromatic rings. The maximum atomic E-state index is 13.3. The second-order valence-electron chi connectivity index (χ2n) is 7.16. The Morgan fingerprint density at radius 2 is 1.57 bits per heavy atom. The molecule has 1 aliphatic rings. The van der Waals surface area contributed by atoms with Crippen LogP contribution in [0, 0.1) is 6.92 Å². The van der Waals surface area contributed by atoms with E-state index in [4.69, 9.17) is 0 Å². The van der Waals surface area contributed by atoms with Crippen molar-refractivity contribution in [1.82, 2.24) is 0 Å². The van der Waals surface area contributed by atoms with Crippen molar-refractivity contribution >= 4 is 17.4 Å². The van der Waals surface area contributed by atoms with Gasteiger partial charge in [-0.15, -0.1) is 0 Å². The van der Waals surface area contributed by atoms with Crippen LogP contribution in [-0.2, 0) is 16.9 Å². The van der Waals surface area contributed by atoms with Crippen LogP contribution < -0.4 is 4.90 Å². The number of carbonyl (C=O) groups excluding carboxylic acids is 2. The second kappa shape index (κ2) is 7.06. The number of Topliss-reactive ketones (excluding diaryl/α,β-unsaturated/α-hetero) is 1. The molecular formula is C24H21NO3. The maximum absolute atomic E-state index is 13.3. The lowest BCUT2D eigenvalue weighted by Crippen LogP contribution is -2.41. The highest BCUT2D eigenvalue weighted by atomic mass is 16.3. The molecule has 0 spiro atoms. The van der Waals surface area contributed by atoms with Gasteiger partial charge in [-0.3, -0.25) is 9.59 Å². The number of fused-ring (bicyclic) bond motifs is 1. The monoisotopic (exact) mass is 371 g/mol. The van der Waals surface area contributed by atoms with Gasteiger partial charge in [0.15, 0.2) is 11.4 Å². The highest BCUT2D eigenvalue weighted by Crippen LogP contribution is 2.43. The molecule has 0 bridgehead atoms. The summed E-state index contributed by atoms with van der Waals surface area (Å²) in [6.07, 6.45) is -0.281. The molecule has 0 fully saturated rings.